The molecular weight excluding hydrogens is 907 g/mol. The molecule has 72 heavy (non-hydrogen) atoms. The second-order valence-corrected chi connectivity index (χ2v) is 21.8. The lowest BCUT2D eigenvalue weighted by Crippen LogP contribution is -2.60. The Morgan fingerprint density at radius 2 is 0.833 bits per heavy atom. The van der Waals surface area contributed by atoms with Gasteiger partial charge in [-0.05, 0) is 51.4 Å². The molecule has 1 aliphatic rings. The number of rotatable bonds is 53. The molecule has 1 aliphatic heterocycles. The summed E-state index contributed by atoms with van der Waals surface area (Å²) >= 11 is 0. The summed E-state index contributed by atoms with van der Waals surface area (Å²) in [7, 11) is 0. The molecule has 9 atom stereocenters. The number of aliphatic hydroxyl groups is 7. The molecule has 1 fully saturated rings. The minimum Gasteiger partial charge on any atom is -0.394 e. The number of carbonyl (C=O) groups is 1. The van der Waals surface area contributed by atoms with Crippen LogP contribution in [0.1, 0.15) is 290 Å². The number of hydrogen-bond acceptors (Lipinski definition) is 10. The number of amides is 1. The van der Waals surface area contributed by atoms with E-state index in [4.69, 9.17) is 9.47 Å². The van der Waals surface area contributed by atoms with Gasteiger partial charge >= 0.3 is 0 Å². The van der Waals surface area contributed by atoms with E-state index in [0.717, 1.165) is 38.5 Å². The molecule has 0 spiro atoms. The van der Waals surface area contributed by atoms with E-state index in [0.29, 0.717) is 19.3 Å². The van der Waals surface area contributed by atoms with Crippen molar-refractivity contribution in [3.05, 3.63) is 24.3 Å². The van der Waals surface area contributed by atoms with Gasteiger partial charge in [-0.2, -0.15) is 0 Å². The van der Waals surface area contributed by atoms with Crippen LogP contribution in [0.4, 0.5) is 0 Å². The lowest BCUT2D eigenvalue weighted by atomic mass is 9.98. The van der Waals surface area contributed by atoms with Crippen molar-refractivity contribution < 1.29 is 50.0 Å². The molecular formula is C61H117NO10. The van der Waals surface area contributed by atoms with Gasteiger partial charge in [-0.25, -0.2) is 0 Å². The van der Waals surface area contributed by atoms with Crippen LogP contribution in [0.3, 0.4) is 0 Å². The standard InChI is InChI=1S/C61H117NO10/c1-3-5-7-9-11-13-15-17-19-21-23-25-27-29-31-33-35-37-39-41-43-45-47-49-54(65)60(70)62-52(51-71-61-59(69)58(68)57(67)55(50-63)72-61)56(66)53(64)48-46-44-42-40-38-36-34-32-30-28-26-24-22-20-18-16-14-12-10-8-6-4-2/h32,34,40,42,52-59,61,63-69H,3-31,33,35-39,41,43-51H2,1-2H3,(H,62,70)/b34-32+,42-40+. The Kier molecular flexibility index (Phi) is 48.0. The van der Waals surface area contributed by atoms with Crippen molar-refractivity contribution >= 4 is 5.91 Å². The average Bonchev–Trinajstić information content (AvgIpc) is 3.38. The highest BCUT2D eigenvalue weighted by Crippen LogP contribution is 2.23. The van der Waals surface area contributed by atoms with Gasteiger partial charge in [0.2, 0.25) is 5.91 Å². The Morgan fingerprint density at radius 3 is 1.24 bits per heavy atom. The molecule has 0 aromatic rings. The van der Waals surface area contributed by atoms with Crippen molar-refractivity contribution in [3.63, 3.8) is 0 Å². The first kappa shape index (κ1) is 68.6. The van der Waals surface area contributed by atoms with E-state index < -0.39 is 74.2 Å². The normalized spacial score (nSPS) is 20.2. The zero-order chi connectivity index (χ0) is 52.5. The highest BCUT2D eigenvalue weighted by atomic mass is 16.7. The van der Waals surface area contributed by atoms with Crippen molar-refractivity contribution in [1.82, 2.24) is 5.32 Å². The number of ether oxygens (including phenoxy) is 2. The van der Waals surface area contributed by atoms with Crippen molar-refractivity contribution in [2.24, 2.45) is 0 Å². The number of nitrogens with one attached hydrogen (secondary N) is 1. The fraction of sp³-hybridized carbons (Fsp3) is 0.918. The second kappa shape index (κ2) is 50.4. The number of allylic oxidation sites excluding steroid dienone is 4. The average molecular weight is 1020 g/mol. The molecule has 1 amide bonds. The third-order valence-electron chi connectivity index (χ3n) is 15.0. The lowest BCUT2D eigenvalue weighted by Gasteiger charge is -2.40. The molecule has 1 heterocycles. The van der Waals surface area contributed by atoms with Gasteiger partial charge in [0.25, 0.3) is 0 Å². The zero-order valence-electron chi connectivity index (χ0n) is 46.7. The van der Waals surface area contributed by atoms with E-state index in [1.54, 1.807) is 0 Å². The number of aliphatic hydroxyl groups excluding tert-OH is 7. The van der Waals surface area contributed by atoms with Crippen LogP contribution in [0.5, 0.6) is 0 Å². The minimum absolute atomic E-state index is 0.249. The van der Waals surface area contributed by atoms with Gasteiger partial charge in [0.15, 0.2) is 6.29 Å². The molecule has 1 saturated heterocycles. The van der Waals surface area contributed by atoms with Gasteiger partial charge in [-0.3, -0.25) is 4.79 Å². The molecule has 0 aromatic heterocycles. The Bertz CT molecular complexity index is 1220. The van der Waals surface area contributed by atoms with Crippen LogP contribution in [0.15, 0.2) is 24.3 Å². The van der Waals surface area contributed by atoms with Gasteiger partial charge < -0.3 is 50.5 Å². The molecule has 11 heteroatoms. The monoisotopic (exact) mass is 1020 g/mol. The van der Waals surface area contributed by atoms with E-state index >= 15 is 0 Å². The summed E-state index contributed by atoms with van der Waals surface area (Å²) in [5, 5.41) is 76.2. The fourth-order valence-electron chi connectivity index (χ4n) is 9.99. The number of hydrogen-bond donors (Lipinski definition) is 8. The first-order chi connectivity index (χ1) is 35.2. The summed E-state index contributed by atoms with van der Waals surface area (Å²) in [6.07, 6.45) is 49.5. The SMILES string of the molecule is CCCCCCCCCCCCCCC/C=C/CC/C=C/CCCC(O)C(O)C(COC1OC(CO)C(O)C(O)C1O)NC(=O)C(O)CCCCCCCCCCCCCCCCCCCCCCCCC. The van der Waals surface area contributed by atoms with Crippen molar-refractivity contribution in [2.45, 2.75) is 345 Å². The third-order valence-corrected chi connectivity index (χ3v) is 15.0. The number of carbonyl (C=O) groups excluding carboxylic acids is 1. The van der Waals surface area contributed by atoms with Gasteiger partial charge in [-0.1, -0.05) is 263 Å². The Hall–Kier alpha value is -1.41. The quantitative estimate of drug-likeness (QED) is 0.0215. The van der Waals surface area contributed by atoms with E-state index in [9.17, 15) is 40.5 Å². The van der Waals surface area contributed by atoms with Gasteiger partial charge in [-0.15, -0.1) is 0 Å². The summed E-state index contributed by atoms with van der Waals surface area (Å²) in [4.78, 5) is 13.2. The maximum atomic E-state index is 13.2. The van der Waals surface area contributed by atoms with E-state index in [1.807, 2.05) is 0 Å². The van der Waals surface area contributed by atoms with Crippen molar-refractivity contribution in [2.75, 3.05) is 13.2 Å². The summed E-state index contributed by atoms with van der Waals surface area (Å²) in [5.41, 5.74) is 0. The first-order valence-corrected chi connectivity index (χ1v) is 30.7. The van der Waals surface area contributed by atoms with Crippen LogP contribution in [0, 0.1) is 0 Å². The molecule has 426 valence electrons. The topological polar surface area (TPSA) is 189 Å². The minimum atomic E-state index is -1.67. The molecule has 1 rings (SSSR count). The lowest BCUT2D eigenvalue weighted by molar-refractivity contribution is -0.303. The van der Waals surface area contributed by atoms with Crippen molar-refractivity contribution in [3.8, 4) is 0 Å². The Balaban J connectivity index is 2.31. The van der Waals surface area contributed by atoms with E-state index in [-0.39, 0.29) is 12.8 Å². The van der Waals surface area contributed by atoms with Gasteiger partial charge in [0, 0.05) is 0 Å². The molecule has 0 saturated carbocycles. The highest BCUT2D eigenvalue weighted by Gasteiger charge is 2.44. The summed E-state index contributed by atoms with van der Waals surface area (Å²) in [5.74, 6) is -0.705. The first-order valence-electron chi connectivity index (χ1n) is 30.7. The van der Waals surface area contributed by atoms with Gasteiger partial charge in [0.1, 0.15) is 36.6 Å². The van der Waals surface area contributed by atoms with Crippen LogP contribution >= 0.6 is 0 Å². The predicted molar refractivity (Wildman–Crippen MR) is 298 cm³/mol. The van der Waals surface area contributed by atoms with Crippen LogP contribution in [0.2, 0.25) is 0 Å². The van der Waals surface area contributed by atoms with Crippen LogP contribution in [-0.4, -0.2) is 110 Å². The molecule has 9 unspecified atom stereocenters. The molecule has 0 aromatic carbocycles. The van der Waals surface area contributed by atoms with Gasteiger partial charge in [0.05, 0.1) is 25.4 Å². The fourth-order valence-corrected chi connectivity index (χ4v) is 9.99. The highest BCUT2D eigenvalue weighted by molar-refractivity contribution is 5.80. The maximum Gasteiger partial charge on any atom is 0.249 e. The molecule has 8 N–H and O–H groups in total. The third kappa shape index (κ3) is 38.2. The summed E-state index contributed by atoms with van der Waals surface area (Å²) in [6.45, 7) is 3.48. The van der Waals surface area contributed by atoms with Crippen LogP contribution in [0.25, 0.3) is 0 Å². The zero-order valence-corrected chi connectivity index (χ0v) is 46.7. The summed E-state index contributed by atoms with van der Waals surface area (Å²) in [6, 6.07) is -1.19. The van der Waals surface area contributed by atoms with Crippen LogP contribution in [-0.2, 0) is 14.3 Å². The predicted octanol–water partition coefficient (Wildman–Crippen LogP) is 13.3. The molecule has 0 radical (unpaired) electrons. The largest absolute Gasteiger partial charge is 0.394 e. The van der Waals surface area contributed by atoms with Crippen molar-refractivity contribution in [1.29, 1.82) is 0 Å². The molecule has 0 aliphatic carbocycles. The Morgan fingerprint density at radius 1 is 0.472 bits per heavy atom. The number of unbranched alkanes of at least 4 members (excludes halogenated alkanes) is 37. The Labute approximate surface area is 442 Å². The maximum absolute atomic E-state index is 13.2. The smallest absolute Gasteiger partial charge is 0.249 e. The molecule has 0 bridgehead atoms. The summed E-state index contributed by atoms with van der Waals surface area (Å²) < 4.78 is 11.1. The van der Waals surface area contributed by atoms with E-state index in [2.05, 4.69) is 43.5 Å². The molecule has 11 nitrogen and oxygen atoms in total. The van der Waals surface area contributed by atoms with E-state index in [1.165, 1.54) is 205 Å². The van der Waals surface area contributed by atoms with Crippen LogP contribution < -0.4 is 5.32 Å². The second-order valence-electron chi connectivity index (χ2n) is 21.8.